The highest BCUT2D eigenvalue weighted by molar-refractivity contribution is 6.14. The summed E-state index contributed by atoms with van der Waals surface area (Å²) < 4.78 is 4.96. The predicted octanol–water partition coefficient (Wildman–Crippen LogP) is 2.74. The minimum absolute atomic E-state index is 0.186. The van der Waals surface area contributed by atoms with Crippen molar-refractivity contribution in [2.45, 2.75) is 33.2 Å². The van der Waals surface area contributed by atoms with Crippen LogP contribution < -0.4 is 5.32 Å². The van der Waals surface area contributed by atoms with Gasteiger partial charge < -0.3 is 10.1 Å². The van der Waals surface area contributed by atoms with E-state index in [0.29, 0.717) is 6.61 Å². The maximum Gasteiger partial charge on any atom is 0.332 e. The first-order valence-corrected chi connectivity index (χ1v) is 6.76. The minimum atomic E-state index is -0.346. The zero-order valence-corrected chi connectivity index (χ0v) is 12.4. The van der Waals surface area contributed by atoms with E-state index in [1.165, 1.54) is 6.08 Å². The Balaban J connectivity index is 2.41. The van der Waals surface area contributed by atoms with Crippen LogP contribution in [0.2, 0.25) is 0 Å². The van der Waals surface area contributed by atoms with E-state index in [-0.39, 0.29) is 11.5 Å². The number of ether oxygens (including phenoxy) is 1. The lowest BCUT2D eigenvalue weighted by atomic mass is 10.1. The fourth-order valence-electron chi connectivity index (χ4n) is 2.03. The summed E-state index contributed by atoms with van der Waals surface area (Å²) in [7, 11) is 0. The number of carbonyl (C=O) groups is 1. The van der Waals surface area contributed by atoms with Crippen molar-refractivity contribution in [1.82, 2.24) is 5.32 Å². The molecule has 0 radical (unpaired) electrons. The van der Waals surface area contributed by atoms with Gasteiger partial charge in [0.05, 0.1) is 17.8 Å². The number of hydrogen-bond donors (Lipinski definition) is 1. The molecule has 2 rings (SSSR count). The van der Waals surface area contributed by atoms with Gasteiger partial charge in [-0.15, -0.1) is 0 Å². The summed E-state index contributed by atoms with van der Waals surface area (Å²) in [6.07, 6.45) is 1.48. The second-order valence-corrected chi connectivity index (χ2v) is 5.61. The van der Waals surface area contributed by atoms with Gasteiger partial charge in [0.1, 0.15) is 5.84 Å². The third-order valence-corrected chi connectivity index (χ3v) is 2.72. The molecule has 0 spiro atoms. The van der Waals surface area contributed by atoms with Crippen LogP contribution in [0.15, 0.2) is 35.3 Å². The summed E-state index contributed by atoms with van der Waals surface area (Å²) in [6.45, 7) is 8.28. The number of carbonyl (C=O) groups excluding carboxylic acids is 1. The first-order chi connectivity index (χ1) is 9.40. The van der Waals surface area contributed by atoms with Crippen molar-refractivity contribution in [3.63, 3.8) is 0 Å². The van der Waals surface area contributed by atoms with Crippen LogP contribution in [0.4, 0.5) is 0 Å². The Bertz CT molecular complexity index is 580. The van der Waals surface area contributed by atoms with Crippen LogP contribution in [0.25, 0.3) is 5.70 Å². The average Bonchev–Trinajstić information content (AvgIpc) is 2.66. The van der Waals surface area contributed by atoms with Gasteiger partial charge in [-0.05, 0) is 27.7 Å². The van der Waals surface area contributed by atoms with E-state index in [4.69, 9.17) is 4.74 Å². The summed E-state index contributed by atoms with van der Waals surface area (Å²) >= 11 is 0. The molecule has 0 bridgehead atoms. The monoisotopic (exact) mass is 272 g/mol. The number of rotatable bonds is 2. The van der Waals surface area contributed by atoms with Gasteiger partial charge in [-0.25, -0.2) is 4.79 Å². The number of benzene rings is 1. The van der Waals surface area contributed by atoms with Gasteiger partial charge in [0.2, 0.25) is 0 Å². The van der Waals surface area contributed by atoms with E-state index in [1.54, 1.807) is 6.92 Å². The van der Waals surface area contributed by atoms with E-state index in [0.717, 1.165) is 22.7 Å². The molecule has 1 aromatic carbocycles. The van der Waals surface area contributed by atoms with Crippen LogP contribution in [0.1, 0.15) is 38.8 Å². The third kappa shape index (κ3) is 3.26. The summed E-state index contributed by atoms with van der Waals surface area (Å²) in [6, 6.07) is 7.88. The first-order valence-electron chi connectivity index (χ1n) is 6.76. The third-order valence-electron chi connectivity index (χ3n) is 2.72. The van der Waals surface area contributed by atoms with E-state index in [1.807, 2.05) is 45.0 Å². The first kappa shape index (κ1) is 14.3. The van der Waals surface area contributed by atoms with Crippen molar-refractivity contribution in [3.8, 4) is 0 Å². The maximum absolute atomic E-state index is 11.6. The number of fused-ring (bicyclic) bond motifs is 1. The summed E-state index contributed by atoms with van der Waals surface area (Å²) in [5.41, 5.74) is 2.54. The fourth-order valence-corrected chi connectivity index (χ4v) is 2.03. The van der Waals surface area contributed by atoms with Crippen LogP contribution >= 0.6 is 0 Å². The average molecular weight is 272 g/mol. The van der Waals surface area contributed by atoms with Gasteiger partial charge in [0.15, 0.2) is 0 Å². The highest BCUT2D eigenvalue weighted by Crippen LogP contribution is 2.26. The summed E-state index contributed by atoms with van der Waals surface area (Å²) in [5.74, 6) is 0.450. The molecule has 4 nitrogen and oxygen atoms in total. The van der Waals surface area contributed by atoms with Crippen molar-refractivity contribution in [2.24, 2.45) is 4.99 Å². The largest absolute Gasteiger partial charge is 0.463 e. The van der Waals surface area contributed by atoms with Gasteiger partial charge >= 0.3 is 5.97 Å². The molecule has 0 aliphatic carbocycles. The zero-order valence-electron chi connectivity index (χ0n) is 12.4. The molecule has 106 valence electrons. The lowest BCUT2D eigenvalue weighted by molar-refractivity contribution is -0.137. The normalized spacial score (nSPS) is 18.0. The standard InChI is InChI=1S/C16H20N2O2/c1-5-20-14(19)10-13-11-8-6-7-9-12(11)15(17-13)18-16(2,3)4/h6-10H,5H2,1-4H3,(H,17,18)/b13-10+. The van der Waals surface area contributed by atoms with Gasteiger partial charge in [-0.3, -0.25) is 4.99 Å². The minimum Gasteiger partial charge on any atom is -0.463 e. The van der Waals surface area contributed by atoms with Crippen LogP contribution in [0.5, 0.6) is 0 Å². The molecule has 0 aromatic heterocycles. The number of amidine groups is 1. The lowest BCUT2D eigenvalue weighted by Gasteiger charge is -2.13. The summed E-state index contributed by atoms with van der Waals surface area (Å²) in [5, 5.41) is 3.21. The van der Waals surface area contributed by atoms with E-state index in [2.05, 4.69) is 10.3 Å². The molecule has 0 saturated heterocycles. The number of nitrogens with zero attached hydrogens (tertiary/aromatic N) is 1. The van der Waals surface area contributed by atoms with Crippen LogP contribution in [-0.4, -0.2) is 24.0 Å². The zero-order chi connectivity index (χ0) is 14.8. The molecule has 1 aliphatic rings. The highest BCUT2D eigenvalue weighted by Gasteiger charge is 2.24. The lowest BCUT2D eigenvalue weighted by Crippen LogP contribution is -2.21. The Kier molecular flexibility index (Phi) is 3.93. The molecule has 0 fully saturated rings. The molecule has 0 atom stereocenters. The smallest absolute Gasteiger partial charge is 0.332 e. The molecular formula is C16H20N2O2. The Morgan fingerprint density at radius 3 is 2.55 bits per heavy atom. The topological polar surface area (TPSA) is 50.7 Å². The number of esters is 1. The Morgan fingerprint density at radius 2 is 1.95 bits per heavy atom. The second-order valence-electron chi connectivity index (χ2n) is 5.61. The molecule has 4 heteroatoms. The number of nitrogens with one attached hydrogen (secondary N) is 1. The van der Waals surface area contributed by atoms with Gasteiger partial charge in [-0.1, -0.05) is 24.3 Å². The molecular weight excluding hydrogens is 252 g/mol. The molecule has 1 heterocycles. The van der Waals surface area contributed by atoms with Crippen molar-refractivity contribution in [1.29, 1.82) is 0 Å². The van der Waals surface area contributed by atoms with Crippen molar-refractivity contribution in [2.75, 3.05) is 6.61 Å². The van der Waals surface area contributed by atoms with Crippen LogP contribution in [0, 0.1) is 0 Å². The van der Waals surface area contributed by atoms with Crippen molar-refractivity contribution < 1.29 is 9.53 Å². The molecule has 1 aliphatic heterocycles. The maximum atomic E-state index is 11.6. The van der Waals surface area contributed by atoms with Crippen molar-refractivity contribution >= 4 is 17.5 Å². The highest BCUT2D eigenvalue weighted by atomic mass is 16.5. The summed E-state index contributed by atoms with van der Waals surface area (Å²) in [4.78, 5) is 16.3. The van der Waals surface area contributed by atoms with E-state index < -0.39 is 0 Å². The van der Waals surface area contributed by atoms with Crippen LogP contribution in [0.3, 0.4) is 0 Å². The second kappa shape index (κ2) is 5.49. The SMILES string of the molecule is CCOC(=O)/C=C1/NC(=NC(C)(C)C)c2ccccc21. The Hall–Kier alpha value is -2.10. The molecule has 0 saturated carbocycles. The fraction of sp³-hybridized carbons (Fsp3) is 0.375. The number of aliphatic imine (C=N–C) groups is 1. The van der Waals surface area contributed by atoms with Gasteiger partial charge in [0.25, 0.3) is 0 Å². The Labute approximate surface area is 119 Å². The molecule has 20 heavy (non-hydrogen) atoms. The molecule has 0 amide bonds. The molecule has 0 unspecified atom stereocenters. The Morgan fingerprint density at radius 1 is 1.30 bits per heavy atom. The van der Waals surface area contributed by atoms with E-state index in [9.17, 15) is 4.79 Å². The quantitative estimate of drug-likeness (QED) is 0.665. The predicted molar refractivity (Wildman–Crippen MR) is 80.5 cm³/mol. The molecule has 1 aromatic rings. The van der Waals surface area contributed by atoms with Crippen LogP contribution in [-0.2, 0) is 9.53 Å². The van der Waals surface area contributed by atoms with Crippen molar-refractivity contribution in [3.05, 3.63) is 41.5 Å². The number of hydrogen-bond acceptors (Lipinski definition) is 3. The molecule has 1 N–H and O–H groups in total. The van der Waals surface area contributed by atoms with Gasteiger partial charge in [-0.2, -0.15) is 0 Å². The van der Waals surface area contributed by atoms with Gasteiger partial charge in [0, 0.05) is 17.2 Å². The van der Waals surface area contributed by atoms with E-state index >= 15 is 0 Å².